The highest BCUT2D eigenvalue weighted by molar-refractivity contribution is 8.02. The number of ether oxygens (including phenoxy) is 1. The van der Waals surface area contributed by atoms with Crippen molar-refractivity contribution in [2.24, 2.45) is 0 Å². The van der Waals surface area contributed by atoms with Crippen LogP contribution in [0, 0.1) is 0 Å². The first kappa shape index (κ1) is 16.1. The van der Waals surface area contributed by atoms with E-state index < -0.39 is 0 Å². The molecular formula is C15H18N4O2S2. The van der Waals surface area contributed by atoms with Crippen molar-refractivity contribution in [1.82, 2.24) is 15.5 Å². The van der Waals surface area contributed by atoms with Crippen LogP contribution in [0.1, 0.15) is 19.3 Å². The number of hydrogen-bond acceptors (Lipinski definition) is 7. The van der Waals surface area contributed by atoms with Crippen molar-refractivity contribution < 1.29 is 9.53 Å². The third kappa shape index (κ3) is 4.14. The SMILES string of the molecule is COc1ccccc1Nc1nnc(SC2CCCCNC2=O)s1. The maximum absolute atomic E-state index is 12.0. The minimum Gasteiger partial charge on any atom is -0.495 e. The van der Waals surface area contributed by atoms with Crippen molar-refractivity contribution in [3.05, 3.63) is 24.3 Å². The molecule has 122 valence electrons. The van der Waals surface area contributed by atoms with Crippen LogP contribution >= 0.6 is 23.1 Å². The van der Waals surface area contributed by atoms with Crippen molar-refractivity contribution >= 4 is 39.8 Å². The molecule has 2 aromatic rings. The molecule has 1 fully saturated rings. The van der Waals surface area contributed by atoms with E-state index in [-0.39, 0.29) is 11.2 Å². The van der Waals surface area contributed by atoms with Gasteiger partial charge in [0.2, 0.25) is 11.0 Å². The van der Waals surface area contributed by atoms with E-state index in [1.165, 1.54) is 23.1 Å². The fraction of sp³-hybridized carbons (Fsp3) is 0.400. The van der Waals surface area contributed by atoms with Crippen molar-refractivity contribution in [3.8, 4) is 5.75 Å². The Morgan fingerprint density at radius 2 is 2.22 bits per heavy atom. The average Bonchev–Trinajstić information content (AvgIpc) is 2.90. The van der Waals surface area contributed by atoms with Gasteiger partial charge in [0, 0.05) is 6.54 Å². The molecular weight excluding hydrogens is 332 g/mol. The lowest BCUT2D eigenvalue weighted by Crippen LogP contribution is -2.30. The molecule has 1 amide bonds. The first-order valence-electron chi connectivity index (χ1n) is 7.44. The largest absolute Gasteiger partial charge is 0.495 e. The molecule has 0 spiro atoms. The summed E-state index contributed by atoms with van der Waals surface area (Å²) in [5, 5.41) is 15.1. The number of carbonyl (C=O) groups excluding carboxylic acids is 1. The maximum atomic E-state index is 12.0. The standard InChI is InChI=1S/C15H18N4O2S2/c1-21-11-7-3-2-6-10(11)17-14-18-19-15(23-14)22-12-8-4-5-9-16-13(12)20/h2-3,6-7,12H,4-5,8-9H2,1H3,(H,16,20)(H,17,18). The van der Waals surface area contributed by atoms with Gasteiger partial charge in [0.05, 0.1) is 18.0 Å². The zero-order valence-corrected chi connectivity index (χ0v) is 14.4. The minimum atomic E-state index is -0.0791. The number of amides is 1. The van der Waals surface area contributed by atoms with Crippen LogP contribution in [0.3, 0.4) is 0 Å². The van der Waals surface area contributed by atoms with Crippen LogP contribution in [0.25, 0.3) is 0 Å². The van der Waals surface area contributed by atoms with Crippen molar-refractivity contribution in [3.63, 3.8) is 0 Å². The predicted molar refractivity (Wildman–Crippen MR) is 92.7 cm³/mol. The monoisotopic (exact) mass is 350 g/mol. The number of thioether (sulfide) groups is 1. The van der Waals surface area contributed by atoms with Crippen LogP contribution in [0.15, 0.2) is 28.6 Å². The zero-order chi connectivity index (χ0) is 16.1. The molecule has 0 aliphatic carbocycles. The van der Waals surface area contributed by atoms with E-state index in [2.05, 4.69) is 20.8 Å². The summed E-state index contributed by atoms with van der Waals surface area (Å²) in [5.74, 6) is 0.849. The molecule has 8 heteroatoms. The number of anilines is 2. The molecule has 1 atom stereocenters. The Labute approximate surface area is 143 Å². The molecule has 0 radical (unpaired) electrons. The highest BCUT2D eigenvalue weighted by atomic mass is 32.2. The Balaban J connectivity index is 1.67. The van der Waals surface area contributed by atoms with Gasteiger partial charge in [0.25, 0.3) is 0 Å². The summed E-state index contributed by atoms with van der Waals surface area (Å²) in [6.45, 7) is 0.770. The van der Waals surface area contributed by atoms with Crippen molar-refractivity contribution in [2.45, 2.75) is 28.9 Å². The summed E-state index contributed by atoms with van der Waals surface area (Å²) in [6, 6.07) is 7.65. The number of benzene rings is 1. The Bertz CT molecular complexity index is 677. The van der Waals surface area contributed by atoms with Crippen LogP contribution in [0.5, 0.6) is 5.75 Å². The topological polar surface area (TPSA) is 76.1 Å². The summed E-state index contributed by atoms with van der Waals surface area (Å²) in [5.41, 5.74) is 0.843. The van der Waals surface area contributed by atoms with Crippen LogP contribution < -0.4 is 15.4 Å². The van der Waals surface area contributed by atoms with Gasteiger partial charge in [-0.2, -0.15) is 0 Å². The molecule has 0 saturated carbocycles. The number of nitrogens with one attached hydrogen (secondary N) is 2. The summed E-state index contributed by atoms with van der Waals surface area (Å²) in [7, 11) is 1.63. The van der Waals surface area contributed by atoms with E-state index in [0.717, 1.165) is 41.6 Å². The minimum absolute atomic E-state index is 0.0791. The highest BCUT2D eigenvalue weighted by Gasteiger charge is 2.23. The second-order valence-corrected chi connectivity index (χ2v) is 7.52. The van der Waals surface area contributed by atoms with Crippen molar-refractivity contribution in [2.75, 3.05) is 19.0 Å². The van der Waals surface area contributed by atoms with E-state index in [1.807, 2.05) is 24.3 Å². The Morgan fingerprint density at radius 1 is 1.35 bits per heavy atom. The number of carbonyl (C=O) groups is 1. The Kier molecular flexibility index (Phi) is 5.35. The first-order chi connectivity index (χ1) is 11.3. The Morgan fingerprint density at radius 3 is 3.09 bits per heavy atom. The first-order valence-corrected chi connectivity index (χ1v) is 9.14. The molecule has 1 aromatic carbocycles. The van der Waals surface area contributed by atoms with Crippen LogP contribution in [-0.2, 0) is 4.79 Å². The smallest absolute Gasteiger partial charge is 0.233 e. The fourth-order valence-corrected chi connectivity index (χ4v) is 4.39. The number of aromatic nitrogens is 2. The van der Waals surface area contributed by atoms with Gasteiger partial charge < -0.3 is 15.4 Å². The number of nitrogens with zero attached hydrogens (tertiary/aromatic N) is 2. The predicted octanol–water partition coefficient (Wildman–Crippen LogP) is 3.05. The lowest BCUT2D eigenvalue weighted by Gasteiger charge is -2.09. The maximum Gasteiger partial charge on any atom is 0.233 e. The van der Waals surface area contributed by atoms with E-state index in [9.17, 15) is 4.79 Å². The van der Waals surface area contributed by atoms with Crippen molar-refractivity contribution in [1.29, 1.82) is 0 Å². The lowest BCUT2D eigenvalue weighted by atomic mass is 10.2. The van der Waals surface area contributed by atoms with E-state index in [1.54, 1.807) is 7.11 Å². The van der Waals surface area contributed by atoms with E-state index >= 15 is 0 Å². The van der Waals surface area contributed by atoms with E-state index in [4.69, 9.17) is 4.74 Å². The molecule has 23 heavy (non-hydrogen) atoms. The van der Waals surface area contributed by atoms with Crippen LogP contribution in [0.2, 0.25) is 0 Å². The number of methoxy groups -OCH3 is 1. The summed E-state index contributed by atoms with van der Waals surface area (Å²) in [6.07, 6.45) is 2.98. The highest BCUT2D eigenvalue weighted by Crippen LogP contribution is 2.34. The zero-order valence-electron chi connectivity index (χ0n) is 12.7. The van der Waals surface area contributed by atoms with Gasteiger partial charge in [0.1, 0.15) is 5.75 Å². The van der Waals surface area contributed by atoms with Gasteiger partial charge in [-0.1, -0.05) is 41.7 Å². The van der Waals surface area contributed by atoms with Gasteiger partial charge in [-0.25, -0.2) is 0 Å². The summed E-state index contributed by atoms with van der Waals surface area (Å²) < 4.78 is 6.11. The van der Waals surface area contributed by atoms with Gasteiger partial charge in [-0.05, 0) is 25.0 Å². The fourth-order valence-electron chi connectivity index (χ4n) is 2.32. The van der Waals surface area contributed by atoms with Gasteiger partial charge in [0.15, 0.2) is 4.34 Å². The molecule has 6 nitrogen and oxygen atoms in total. The molecule has 2 heterocycles. The molecule has 1 aliphatic rings. The normalized spacial score (nSPS) is 18.1. The molecule has 1 aromatic heterocycles. The van der Waals surface area contributed by atoms with Crippen LogP contribution in [0.4, 0.5) is 10.8 Å². The van der Waals surface area contributed by atoms with Gasteiger partial charge in [-0.3, -0.25) is 4.79 Å². The van der Waals surface area contributed by atoms with Gasteiger partial charge in [-0.15, -0.1) is 10.2 Å². The third-order valence-electron chi connectivity index (χ3n) is 3.48. The Hall–Kier alpha value is -1.80. The summed E-state index contributed by atoms with van der Waals surface area (Å²) >= 11 is 2.93. The summed E-state index contributed by atoms with van der Waals surface area (Å²) in [4.78, 5) is 12.0. The van der Waals surface area contributed by atoms with Crippen LogP contribution in [-0.4, -0.2) is 35.0 Å². The third-order valence-corrected chi connectivity index (χ3v) is 5.67. The molecule has 1 saturated heterocycles. The average molecular weight is 350 g/mol. The molecule has 2 N–H and O–H groups in total. The number of para-hydroxylation sites is 2. The lowest BCUT2D eigenvalue weighted by molar-refractivity contribution is -0.120. The molecule has 1 unspecified atom stereocenters. The number of hydrogen-bond donors (Lipinski definition) is 2. The van der Waals surface area contributed by atoms with Gasteiger partial charge >= 0.3 is 0 Å². The second-order valence-electron chi connectivity index (χ2n) is 5.09. The second kappa shape index (κ2) is 7.65. The molecule has 3 rings (SSSR count). The molecule has 0 bridgehead atoms. The number of rotatable bonds is 5. The molecule has 1 aliphatic heterocycles. The quantitative estimate of drug-likeness (QED) is 0.863. The van der Waals surface area contributed by atoms with E-state index in [0.29, 0.717) is 5.13 Å².